The highest BCUT2D eigenvalue weighted by Crippen LogP contribution is 2.02. The van der Waals surface area contributed by atoms with Gasteiger partial charge in [-0.05, 0) is 25.0 Å². The van der Waals surface area contributed by atoms with E-state index in [9.17, 15) is 9.59 Å². The van der Waals surface area contributed by atoms with E-state index in [1.54, 1.807) is 0 Å². The highest BCUT2D eigenvalue weighted by atomic mass is 16.4. The predicted molar refractivity (Wildman–Crippen MR) is 57.1 cm³/mol. The zero-order valence-corrected chi connectivity index (χ0v) is 8.94. The van der Waals surface area contributed by atoms with Gasteiger partial charge in [0.1, 0.15) is 0 Å². The number of carbonyl (C=O) groups is 2. The molecular weight excluding hydrogens is 210 g/mol. The number of rotatable bonds is 1. The molecule has 1 amide bonds. The zero-order chi connectivity index (χ0) is 11.8. The Hall–Kier alpha value is -1.78. The van der Waals surface area contributed by atoms with Gasteiger partial charge >= 0.3 is 5.97 Å². The smallest absolute Gasteiger partial charge is 0.371 e. The van der Waals surface area contributed by atoms with Crippen LogP contribution in [0.5, 0.6) is 0 Å². The summed E-state index contributed by atoms with van der Waals surface area (Å²) in [5.41, 5.74) is 0. The summed E-state index contributed by atoms with van der Waals surface area (Å²) in [5, 5.41) is 11.0. The van der Waals surface area contributed by atoms with Crippen molar-refractivity contribution in [2.75, 3.05) is 6.54 Å². The van der Waals surface area contributed by atoms with Crippen LogP contribution in [0.4, 0.5) is 0 Å². The quantitative estimate of drug-likeness (QED) is 0.761. The highest BCUT2D eigenvalue weighted by Gasteiger charge is 2.03. The molecule has 5 heteroatoms. The van der Waals surface area contributed by atoms with E-state index >= 15 is 0 Å². The topological polar surface area (TPSA) is 79.5 Å². The van der Waals surface area contributed by atoms with Crippen LogP contribution in [0.25, 0.3) is 0 Å². The van der Waals surface area contributed by atoms with Crippen LogP contribution < -0.4 is 5.32 Å². The molecule has 16 heavy (non-hydrogen) atoms. The van der Waals surface area contributed by atoms with Crippen molar-refractivity contribution >= 4 is 11.9 Å². The average molecular weight is 225 g/mol. The molecule has 1 fully saturated rings. The van der Waals surface area contributed by atoms with Crippen LogP contribution in [0, 0.1) is 0 Å². The van der Waals surface area contributed by atoms with Gasteiger partial charge in [0.15, 0.2) is 0 Å². The summed E-state index contributed by atoms with van der Waals surface area (Å²) in [6.45, 7) is 0.888. The fourth-order valence-electron chi connectivity index (χ4n) is 1.30. The van der Waals surface area contributed by atoms with E-state index in [1.807, 2.05) is 0 Å². The summed E-state index contributed by atoms with van der Waals surface area (Å²) in [4.78, 5) is 20.5. The van der Waals surface area contributed by atoms with Crippen LogP contribution in [0.2, 0.25) is 0 Å². The molecule has 0 aromatic carbocycles. The molecule has 0 aliphatic carbocycles. The number of carbonyl (C=O) groups excluding carboxylic acids is 1. The van der Waals surface area contributed by atoms with E-state index in [0.29, 0.717) is 0 Å². The lowest BCUT2D eigenvalue weighted by Crippen LogP contribution is -2.21. The summed E-state index contributed by atoms with van der Waals surface area (Å²) >= 11 is 0. The number of carboxylic acids is 1. The van der Waals surface area contributed by atoms with Crippen LogP contribution in [0.1, 0.15) is 36.2 Å². The van der Waals surface area contributed by atoms with Crippen molar-refractivity contribution in [1.29, 1.82) is 0 Å². The van der Waals surface area contributed by atoms with E-state index in [2.05, 4.69) is 9.73 Å². The maximum Gasteiger partial charge on any atom is 0.371 e. The Morgan fingerprint density at radius 3 is 2.75 bits per heavy atom. The van der Waals surface area contributed by atoms with E-state index in [1.165, 1.54) is 24.8 Å². The van der Waals surface area contributed by atoms with Gasteiger partial charge in [-0.15, -0.1) is 0 Å². The van der Waals surface area contributed by atoms with Gasteiger partial charge in [0.05, 0.1) is 6.26 Å². The van der Waals surface area contributed by atoms with Crippen LogP contribution in [-0.2, 0) is 4.79 Å². The molecule has 0 saturated carbocycles. The van der Waals surface area contributed by atoms with Crippen molar-refractivity contribution in [3.8, 4) is 0 Å². The first-order valence-corrected chi connectivity index (χ1v) is 5.23. The minimum atomic E-state index is -1.03. The molecule has 0 spiro atoms. The molecule has 0 atom stereocenters. The maximum atomic E-state index is 10.6. The molecule has 0 unspecified atom stereocenters. The van der Waals surface area contributed by atoms with Crippen LogP contribution in [-0.4, -0.2) is 23.5 Å². The van der Waals surface area contributed by atoms with Gasteiger partial charge in [0, 0.05) is 13.0 Å². The van der Waals surface area contributed by atoms with Crippen LogP contribution in [0.3, 0.4) is 0 Å². The van der Waals surface area contributed by atoms with E-state index in [0.717, 1.165) is 25.8 Å². The van der Waals surface area contributed by atoms with Crippen molar-refractivity contribution in [2.45, 2.75) is 25.7 Å². The minimum absolute atomic E-state index is 0.0231. The lowest BCUT2D eigenvalue weighted by atomic mass is 10.2. The summed E-state index contributed by atoms with van der Waals surface area (Å²) in [5.74, 6) is -0.831. The lowest BCUT2D eigenvalue weighted by Gasteiger charge is -1.93. The Morgan fingerprint density at radius 1 is 1.38 bits per heavy atom. The molecule has 1 aromatic heterocycles. The summed E-state index contributed by atoms with van der Waals surface area (Å²) in [6.07, 6.45) is 5.50. The Morgan fingerprint density at radius 2 is 2.19 bits per heavy atom. The van der Waals surface area contributed by atoms with Gasteiger partial charge in [0.2, 0.25) is 11.7 Å². The minimum Gasteiger partial charge on any atom is -0.475 e. The van der Waals surface area contributed by atoms with Gasteiger partial charge in [-0.1, -0.05) is 6.42 Å². The molecular formula is C11H15NO4. The Balaban J connectivity index is 0.000000160. The zero-order valence-electron chi connectivity index (χ0n) is 8.94. The first-order chi connectivity index (χ1) is 7.70. The van der Waals surface area contributed by atoms with Crippen molar-refractivity contribution in [3.63, 3.8) is 0 Å². The number of hydrogen-bond acceptors (Lipinski definition) is 3. The van der Waals surface area contributed by atoms with Crippen molar-refractivity contribution < 1.29 is 19.1 Å². The SMILES string of the molecule is O=C(O)c1ccco1.O=C1CCCCCN1. The van der Waals surface area contributed by atoms with E-state index in [4.69, 9.17) is 5.11 Å². The largest absolute Gasteiger partial charge is 0.475 e. The third-order valence-corrected chi connectivity index (χ3v) is 2.13. The van der Waals surface area contributed by atoms with E-state index in [-0.39, 0.29) is 11.7 Å². The molecule has 1 aliphatic rings. The Bertz CT molecular complexity index is 322. The maximum absolute atomic E-state index is 10.6. The number of amides is 1. The Labute approximate surface area is 93.4 Å². The first kappa shape index (κ1) is 12.3. The molecule has 1 saturated heterocycles. The third kappa shape index (κ3) is 4.63. The molecule has 2 heterocycles. The van der Waals surface area contributed by atoms with Crippen molar-refractivity contribution in [1.82, 2.24) is 5.32 Å². The fraction of sp³-hybridized carbons (Fsp3) is 0.455. The lowest BCUT2D eigenvalue weighted by molar-refractivity contribution is -0.120. The average Bonchev–Trinajstić information content (AvgIpc) is 2.69. The first-order valence-electron chi connectivity index (χ1n) is 5.23. The third-order valence-electron chi connectivity index (χ3n) is 2.13. The number of furan rings is 1. The molecule has 2 rings (SSSR count). The predicted octanol–water partition coefficient (Wildman–Crippen LogP) is 1.65. The standard InChI is InChI=1S/C6H11NO.C5H4O3/c8-6-4-2-1-3-5-7-6;6-5(7)4-2-1-3-8-4/h1-5H2,(H,7,8);1-3H,(H,6,7). The van der Waals surface area contributed by atoms with Gasteiger partial charge in [-0.3, -0.25) is 4.79 Å². The molecule has 88 valence electrons. The van der Waals surface area contributed by atoms with Crippen LogP contribution >= 0.6 is 0 Å². The fourth-order valence-corrected chi connectivity index (χ4v) is 1.30. The molecule has 5 nitrogen and oxygen atoms in total. The second-order valence-electron chi connectivity index (χ2n) is 3.44. The number of hydrogen-bond donors (Lipinski definition) is 2. The highest BCUT2D eigenvalue weighted by molar-refractivity contribution is 5.84. The number of nitrogens with one attached hydrogen (secondary N) is 1. The normalized spacial score (nSPS) is 15.4. The second kappa shape index (κ2) is 6.66. The summed E-state index contributed by atoms with van der Waals surface area (Å²) in [6, 6.07) is 2.92. The van der Waals surface area contributed by atoms with Gasteiger partial charge in [0.25, 0.3) is 0 Å². The second-order valence-corrected chi connectivity index (χ2v) is 3.44. The molecule has 1 aliphatic heterocycles. The van der Waals surface area contributed by atoms with E-state index < -0.39 is 5.97 Å². The van der Waals surface area contributed by atoms with Crippen molar-refractivity contribution in [2.24, 2.45) is 0 Å². The van der Waals surface area contributed by atoms with Gasteiger partial charge in [-0.2, -0.15) is 0 Å². The molecule has 1 aromatic rings. The van der Waals surface area contributed by atoms with Gasteiger partial charge < -0.3 is 14.8 Å². The number of carboxylic acid groups (broad SMARTS) is 1. The van der Waals surface area contributed by atoms with Crippen molar-refractivity contribution in [3.05, 3.63) is 24.2 Å². The monoisotopic (exact) mass is 225 g/mol. The number of aromatic carboxylic acids is 1. The van der Waals surface area contributed by atoms with Crippen LogP contribution in [0.15, 0.2) is 22.8 Å². The molecule has 0 radical (unpaired) electrons. The van der Waals surface area contributed by atoms with Gasteiger partial charge in [-0.25, -0.2) is 4.79 Å². The molecule has 0 bridgehead atoms. The molecule has 2 N–H and O–H groups in total. The summed E-state index contributed by atoms with van der Waals surface area (Å²) < 4.78 is 4.50. The Kier molecular flexibility index (Phi) is 5.11. The summed E-state index contributed by atoms with van der Waals surface area (Å²) in [7, 11) is 0.